The van der Waals surface area contributed by atoms with E-state index in [0.29, 0.717) is 0 Å². The van der Waals surface area contributed by atoms with Crippen molar-refractivity contribution in [1.29, 1.82) is 0 Å². The van der Waals surface area contributed by atoms with Crippen molar-refractivity contribution in [3.63, 3.8) is 0 Å². The van der Waals surface area contributed by atoms with Crippen LogP contribution < -0.4 is 10.1 Å². The summed E-state index contributed by atoms with van der Waals surface area (Å²) in [6.45, 7) is 2.91. The fourth-order valence-corrected chi connectivity index (χ4v) is 3.83. The van der Waals surface area contributed by atoms with Crippen LogP contribution in [0.1, 0.15) is 28.3 Å². The van der Waals surface area contributed by atoms with Crippen LogP contribution in [-0.4, -0.2) is 13.7 Å². The van der Waals surface area contributed by atoms with E-state index in [4.69, 9.17) is 4.74 Å². The van der Waals surface area contributed by atoms with Crippen molar-refractivity contribution in [1.82, 2.24) is 5.32 Å². The molecule has 0 bridgehead atoms. The molecule has 2 aromatic rings. The van der Waals surface area contributed by atoms with Gasteiger partial charge >= 0.3 is 0 Å². The lowest BCUT2D eigenvalue weighted by Gasteiger charge is -2.22. The van der Waals surface area contributed by atoms with Crippen LogP contribution in [0.25, 0.3) is 0 Å². The Labute approximate surface area is 142 Å². The Morgan fingerprint density at radius 2 is 2.00 bits per heavy atom. The fourth-order valence-electron chi connectivity index (χ4n) is 2.93. The molecule has 0 aliphatic carbocycles. The molecule has 0 radical (unpaired) electrons. The zero-order valence-electron chi connectivity index (χ0n) is 12.0. The van der Waals surface area contributed by atoms with Gasteiger partial charge in [-0.05, 0) is 48.9 Å². The molecule has 4 heteroatoms. The number of ether oxygens (including phenoxy) is 1. The van der Waals surface area contributed by atoms with E-state index in [1.165, 1.54) is 22.3 Å². The molecule has 0 saturated heterocycles. The SMILES string of the molecule is CNC(c1cccc(Br)c1C)c1cc(Br)cc2c1OCC2. The van der Waals surface area contributed by atoms with Gasteiger partial charge in [0.1, 0.15) is 5.75 Å². The molecule has 0 spiro atoms. The molecular formula is C17H17Br2NO. The van der Waals surface area contributed by atoms with Crippen LogP contribution in [0, 0.1) is 6.92 Å². The van der Waals surface area contributed by atoms with Gasteiger partial charge in [-0.25, -0.2) is 0 Å². The van der Waals surface area contributed by atoms with Gasteiger partial charge in [-0.2, -0.15) is 0 Å². The van der Waals surface area contributed by atoms with Gasteiger partial charge in [0.15, 0.2) is 0 Å². The van der Waals surface area contributed by atoms with E-state index < -0.39 is 0 Å². The van der Waals surface area contributed by atoms with Gasteiger partial charge in [0.25, 0.3) is 0 Å². The second kappa shape index (κ2) is 6.11. The van der Waals surface area contributed by atoms with Crippen LogP contribution in [0.15, 0.2) is 39.3 Å². The first-order chi connectivity index (χ1) is 10.1. The van der Waals surface area contributed by atoms with Crippen molar-refractivity contribution in [3.8, 4) is 5.75 Å². The maximum atomic E-state index is 5.89. The van der Waals surface area contributed by atoms with E-state index in [1.54, 1.807) is 0 Å². The van der Waals surface area contributed by atoms with Gasteiger partial charge in [-0.15, -0.1) is 0 Å². The standard InChI is InChI=1S/C17H17Br2NO/c1-10-13(4-3-5-15(10)19)16(20-2)14-9-12(18)8-11-6-7-21-17(11)14/h3-5,8-9,16,20H,6-7H2,1-2H3. The Hall–Kier alpha value is -0.840. The second-order valence-electron chi connectivity index (χ2n) is 5.26. The Morgan fingerprint density at radius 1 is 1.19 bits per heavy atom. The molecule has 2 aromatic carbocycles. The van der Waals surface area contributed by atoms with E-state index in [2.05, 4.69) is 74.4 Å². The molecule has 0 aromatic heterocycles. The molecule has 1 aliphatic heterocycles. The smallest absolute Gasteiger partial charge is 0.127 e. The predicted molar refractivity (Wildman–Crippen MR) is 93.1 cm³/mol. The molecule has 0 amide bonds. The average molecular weight is 411 g/mol. The molecular weight excluding hydrogens is 394 g/mol. The van der Waals surface area contributed by atoms with Crippen LogP contribution in [0.5, 0.6) is 5.75 Å². The summed E-state index contributed by atoms with van der Waals surface area (Å²) in [5.41, 5.74) is 5.00. The molecule has 21 heavy (non-hydrogen) atoms. The monoisotopic (exact) mass is 409 g/mol. The molecule has 3 rings (SSSR count). The Bertz CT molecular complexity index is 685. The van der Waals surface area contributed by atoms with Crippen molar-refractivity contribution in [2.75, 3.05) is 13.7 Å². The maximum Gasteiger partial charge on any atom is 0.127 e. The first kappa shape index (κ1) is 15.1. The van der Waals surface area contributed by atoms with Crippen LogP contribution in [-0.2, 0) is 6.42 Å². The topological polar surface area (TPSA) is 21.3 Å². The lowest BCUT2D eigenvalue weighted by molar-refractivity contribution is 0.351. The first-order valence-electron chi connectivity index (χ1n) is 6.99. The molecule has 0 fully saturated rings. The minimum atomic E-state index is 0.117. The highest BCUT2D eigenvalue weighted by Crippen LogP contribution is 2.39. The molecule has 1 N–H and O–H groups in total. The Morgan fingerprint density at radius 3 is 2.76 bits per heavy atom. The maximum absolute atomic E-state index is 5.89. The lowest BCUT2D eigenvalue weighted by Crippen LogP contribution is -2.19. The van der Waals surface area contributed by atoms with Crippen molar-refractivity contribution >= 4 is 31.9 Å². The first-order valence-corrected chi connectivity index (χ1v) is 8.58. The summed E-state index contributed by atoms with van der Waals surface area (Å²) in [6, 6.07) is 10.8. The summed E-state index contributed by atoms with van der Waals surface area (Å²) >= 11 is 7.25. The molecule has 1 aliphatic rings. The average Bonchev–Trinajstić information content (AvgIpc) is 2.92. The largest absolute Gasteiger partial charge is 0.493 e. The van der Waals surface area contributed by atoms with Gasteiger partial charge < -0.3 is 10.1 Å². The summed E-state index contributed by atoms with van der Waals surface area (Å²) in [4.78, 5) is 0. The highest BCUT2D eigenvalue weighted by atomic mass is 79.9. The lowest BCUT2D eigenvalue weighted by atomic mass is 9.93. The number of halogens is 2. The third-order valence-corrected chi connectivity index (χ3v) is 5.31. The number of rotatable bonds is 3. The molecule has 2 nitrogen and oxygen atoms in total. The summed E-state index contributed by atoms with van der Waals surface area (Å²) in [5.74, 6) is 1.04. The summed E-state index contributed by atoms with van der Waals surface area (Å²) in [7, 11) is 1.99. The highest BCUT2D eigenvalue weighted by molar-refractivity contribution is 9.10. The van der Waals surface area contributed by atoms with E-state index in [1.807, 2.05) is 7.05 Å². The summed E-state index contributed by atoms with van der Waals surface area (Å²) in [5, 5.41) is 3.44. The summed E-state index contributed by atoms with van der Waals surface area (Å²) in [6.07, 6.45) is 0.982. The van der Waals surface area contributed by atoms with E-state index in [-0.39, 0.29) is 6.04 Å². The minimum absolute atomic E-state index is 0.117. The predicted octanol–water partition coefficient (Wildman–Crippen LogP) is 4.76. The number of hydrogen-bond acceptors (Lipinski definition) is 2. The van der Waals surface area contributed by atoms with Gasteiger partial charge in [0.2, 0.25) is 0 Å². The van der Waals surface area contributed by atoms with Gasteiger partial charge in [-0.3, -0.25) is 0 Å². The minimum Gasteiger partial charge on any atom is -0.493 e. The van der Waals surface area contributed by atoms with E-state index in [0.717, 1.165) is 27.7 Å². The van der Waals surface area contributed by atoms with Crippen LogP contribution >= 0.6 is 31.9 Å². The molecule has 110 valence electrons. The van der Waals surface area contributed by atoms with E-state index >= 15 is 0 Å². The molecule has 1 heterocycles. The number of hydrogen-bond donors (Lipinski definition) is 1. The third-order valence-electron chi connectivity index (χ3n) is 4.00. The third kappa shape index (κ3) is 2.77. The zero-order valence-corrected chi connectivity index (χ0v) is 15.2. The Balaban J connectivity index is 2.15. The van der Waals surface area contributed by atoms with Gasteiger partial charge in [0.05, 0.1) is 12.6 Å². The second-order valence-corrected chi connectivity index (χ2v) is 7.03. The Kier molecular flexibility index (Phi) is 4.38. The molecule has 1 atom stereocenters. The highest BCUT2D eigenvalue weighted by Gasteiger charge is 2.24. The zero-order chi connectivity index (χ0) is 15.0. The van der Waals surface area contributed by atoms with Crippen LogP contribution in [0.3, 0.4) is 0 Å². The normalized spacial score (nSPS) is 14.7. The number of fused-ring (bicyclic) bond motifs is 1. The van der Waals surface area contributed by atoms with Crippen molar-refractivity contribution < 1.29 is 4.74 Å². The van der Waals surface area contributed by atoms with Crippen molar-refractivity contribution in [3.05, 3.63) is 61.5 Å². The number of benzene rings is 2. The molecule has 1 unspecified atom stereocenters. The summed E-state index contributed by atoms with van der Waals surface area (Å²) < 4.78 is 8.12. The van der Waals surface area contributed by atoms with Crippen molar-refractivity contribution in [2.45, 2.75) is 19.4 Å². The van der Waals surface area contributed by atoms with Gasteiger partial charge in [0, 0.05) is 20.9 Å². The van der Waals surface area contributed by atoms with Crippen LogP contribution in [0.2, 0.25) is 0 Å². The number of nitrogens with one attached hydrogen (secondary N) is 1. The quantitative estimate of drug-likeness (QED) is 0.787. The fraction of sp³-hybridized carbons (Fsp3) is 0.294. The van der Waals surface area contributed by atoms with Gasteiger partial charge in [-0.1, -0.05) is 44.0 Å². The van der Waals surface area contributed by atoms with Crippen LogP contribution in [0.4, 0.5) is 0 Å². The molecule has 0 saturated carbocycles. The van der Waals surface area contributed by atoms with E-state index in [9.17, 15) is 0 Å². The van der Waals surface area contributed by atoms with Crippen molar-refractivity contribution in [2.24, 2.45) is 0 Å².